The Balaban J connectivity index is 1.41. The van der Waals surface area contributed by atoms with Gasteiger partial charge in [-0.3, -0.25) is 14.6 Å². The van der Waals surface area contributed by atoms with Crippen LogP contribution in [-0.2, 0) is 0 Å². The molecule has 1 heterocycles. The second-order valence-corrected chi connectivity index (χ2v) is 6.66. The van der Waals surface area contributed by atoms with Gasteiger partial charge in [-0.2, -0.15) is 0 Å². The Morgan fingerprint density at radius 2 is 0.967 bits per heavy atom. The molecule has 0 unspecified atom stereocenters. The van der Waals surface area contributed by atoms with Crippen molar-refractivity contribution in [3.63, 3.8) is 0 Å². The Morgan fingerprint density at radius 1 is 0.533 bits per heavy atom. The minimum absolute atomic E-state index is 0.141. The molecule has 0 aliphatic rings. The van der Waals surface area contributed by atoms with Crippen LogP contribution in [0.25, 0.3) is 11.1 Å². The first-order chi connectivity index (χ1) is 14.7. The van der Waals surface area contributed by atoms with Crippen molar-refractivity contribution < 1.29 is 9.59 Å². The lowest BCUT2D eigenvalue weighted by Gasteiger charge is -2.09. The first-order valence-corrected chi connectivity index (χ1v) is 9.47. The van der Waals surface area contributed by atoms with Crippen LogP contribution >= 0.6 is 0 Å². The molecular formula is C25H19N3O2. The molecule has 3 aromatic carbocycles. The quantitative estimate of drug-likeness (QED) is 0.486. The summed E-state index contributed by atoms with van der Waals surface area (Å²) >= 11 is 0. The Labute approximate surface area is 174 Å². The van der Waals surface area contributed by atoms with E-state index in [0.717, 1.165) is 16.8 Å². The zero-order valence-corrected chi connectivity index (χ0v) is 16.1. The van der Waals surface area contributed by atoms with E-state index in [0.29, 0.717) is 16.8 Å². The Hall–Kier alpha value is -4.25. The maximum atomic E-state index is 12.2. The molecule has 146 valence electrons. The Kier molecular flexibility index (Phi) is 5.62. The average Bonchev–Trinajstić information content (AvgIpc) is 2.81. The third-order valence-corrected chi connectivity index (χ3v) is 4.60. The molecular weight excluding hydrogens is 374 g/mol. The minimum Gasteiger partial charge on any atom is -0.322 e. The van der Waals surface area contributed by atoms with E-state index in [9.17, 15) is 9.59 Å². The average molecular weight is 393 g/mol. The largest absolute Gasteiger partial charge is 0.322 e. The van der Waals surface area contributed by atoms with Crippen LogP contribution in [0.1, 0.15) is 20.7 Å². The molecule has 0 fully saturated rings. The zero-order chi connectivity index (χ0) is 20.8. The van der Waals surface area contributed by atoms with Gasteiger partial charge < -0.3 is 10.6 Å². The molecule has 4 aromatic rings. The summed E-state index contributed by atoms with van der Waals surface area (Å²) in [6.45, 7) is 0. The van der Waals surface area contributed by atoms with E-state index in [-0.39, 0.29) is 11.8 Å². The van der Waals surface area contributed by atoms with E-state index in [4.69, 9.17) is 0 Å². The van der Waals surface area contributed by atoms with Crippen molar-refractivity contribution in [2.24, 2.45) is 0 Å². The molecule has 0 aliphatic carbocycles. The number of nitrogens with one attached hydrogen (secondary N) is 2. The fourth-order valence-corrected chi connectivity index (χ4v) is 2.99. The minimum atomic E-state index is -0.177. The number of rotatable bonds is 5. The van der Waals surface area contributed by atoms with Crippen molar-refractivity contribution in [3.05, 3.63) is 115 Å². The fourth-order valence-electron chi connectivity index (χ4n) is 2.99. The normalized spacial score (nSPS) is 10.3. The van der Waals surface area contributed by atoms with Crippen molar-refractivity contribution in [2.75, 3.05) is 10.6 Å². The van der Waals surface area contributed by atoms with Gasteiger partial charge in [0.15, 0.2) is 0 Å². The molecule has 5 nitrogen and oxygen atoms in total. The second-order valence-electron chi connectivity index (χ2n) is 6.66. The van der Waals surface area contributed by atoms with Gasteiger partial charge in [0.05, 0.1) is 0 Å². The summed E-state index contributed by atoms with van der Waals surface area (Å²) in [5.41, 5.74) is 4.65. The molecule has 30 heavy (non-hydrogen) atoms. The maximum absolute atomic E-state index is 12.2. The van der Waals surface area contributed by atoms with Crippen LogP contribution in [0.3, 0.4) is 0 Å². The molecule has 4 rings (SSSR count). The third kappa shape index (κ3) is 4.59. The number of nitrogens with zero attached hydrogens (tertiary/aromatic N) is 1. The predicted octanol–water partition coefficient (Wildman–Crippen LogP) is 5.25. The van der Waals surface area contributed by atoms with Crippen molar-refractivity contribution >= 4 is 23.2 Å². The first-order valence-electron chi connectivity index (χ1n) is 9.47. The van der Waals surface area contributed by atoms with Crippen molar-refractivity contribution in [1.29, 1.82) is 0 Å². The number of carbonyl (C=O) groups excluding carboxylic acids is 2. The van der Waals surface area contributed by atoms with Crippen LogP contribution in [-0.4, -0.2) is 16.8 Å². The molecule has 2 amide bonds. The van der Waals surface area contributed by atoms with Crippen LogP contribution in [0.2, 0.25) is 0 Å². The van der Waals surface area contributed by atoms with E-state index in [1.165, 1.54) is 0 Å². The molecule has 0 aliphatic heterocycles. The molecule has 0 atom stereocenters. The molecule has 0 saturated carbocycles. The lowest BCUT2D eigenvalue weighted by Crippen LogP contribution is -2.11. The number of aromatic nitrogens is 1. The van der Waals surface area contributed by atoms with E-state index in [1.54, 1.807) is 36.7 Å². The molecule has 2 N–H and O–H groups in total. The second kappa shape index (κ2) is 8.84. The Morgan fingerprint density at radius 3 is 1.43 bits per heavy atom. The van der Waals surface area contributed by atoms with Gasteiger partial charge in [-0.15, -0.1) is 0 Å². The molecule has 0 spiro atoms. The molecule has 0 radical (unpaired) electrons. The van der Waals surface area contributed by atoms with Crippen LogP contribution in [0.5, 0.6) is 0 Å². The first kappa shape index (κ1) is 19.1. The summed E-state index contributed by atoms with van der Waals surface area (Å²) in [6, 6.07) is 27.7. The van der Waals surface area contributed by atoms with Gasteiger partial charge in [0.1, 0.15) is 0 Å². The highest BCUT2D eigenvalue weighted by Crippen LogP contribution is 2.23. The number of anilines is 2. The van der Waals surface area contributed by atoms with E-state index < -0.39 is 0 Å². The van der Waals surface area contributed by atoms with Crippen LogP contribution in [0.4, 0.5) is 11.4 Å². The summed E-state index contributed by atoms with van der Waals surface area (Å²) in [5, 5.41) is 5.76. The third-order valence-electron chi connectivity index (χ3n) is 4.60. The highest BCUT2D eigenvalue weighted by molar-refractivity contribution is 6.05. The number of pyridine rings is 1. The SMILES string of the molecule is O=C(Nc1ccc(-c2ccc(NC(=O)c3ccncc3)cc2)cc1)c1ccccc1. The number of amides is 2. The standard InChI is InChI=1S/C25H19N3O2/c29-24(20-4-2-1-3-5-20)27-22-10-6-18(7-11-22)19-8-12-23(13-9-19)28-25(30)21-14-16-26-17-15-21/h1-17H,(H,27,29)(H,28,30). The van der Waals surface area contributed by atoms with Crippen molar-refractivity contribution in [2.45, 2.75) is 0 Å². The van der Waals surface area contributed by atoms with E-state index in [1.807, 2.05) is 66.7 Å². The fraction of sp³-hybridized carbons (Fsp3) is 0. The highest BCUT2D eigenvalue weighted by Gasteiger charge is 2.07. The van der Waals surface area contributed by atoms with Gasteiger partial charge in [-0.25, -0.2) is 0 Å². The lowest BCUT2D eigenvalue weighted by atomic mass is 10.0. The van der Waals surface area contributed by atoms with Gasteiger partial charge in [0, 0.05) is 34.9 Å². The van der Waals surface area contributed by atoms with Gasteiger partial charge in [0.2, 0.25) is 0 Å². The Bertz CT molecular complexity index is 1050. The van der Waals surface area contributed by atoms with Gasteiger partial charge in [0.25, 0.3) is 11.8 Å². The number of carbonyl (C=O) groups is 2. The maximum Gasteiger partial charge on any atom is 0.255 e. The van der Waals surface area contributed by atoms with Gasteiger partial charge >= 0.3 is 0 Å². The van der Waals surface area contributed by atoms with Crippen molar-refractivity contribution in [1.82, 2.24) is 4.98 Å². The summed E-state index contributed by atoms with van der Waals surface area (Å²) in [5.74, 6) is -0.318. The molecule has 0 bridgehead atoms. The molecule has 0 saturated heterocycles. The smallest absolute Gasteiger partial charge is 0.255 e. The zero-order valence-electron chi connectivity index (χ0n) is 16.1. The van der Waals surface area contributed by atoms with Gasteiger partial charge in [-0.05, 0) is 59.7 Å². The summed E-state index contributed by atoms with van der Waals surface area (Å²) in [6.07, 6.45) is 3.17. The van der Waals surface area contributed by atoms with Crippen LogP contribution < -0.4 is 10.6 Å². The summed E-state index contributed by atoms with van der Waals surface area (Å²) in [7, 11) is 0. The lowest BCUT2D eigenvalue weighted by molar-refractivity contribution is 0.101. The summed E-state index contributed by atoms with van der Waals surface area (Å²) < 4.78 is 0. The van der Waals surface area contributed by atoms with Gasteiger partial charge in [-0.1, -0.05) is 42.5 Å². The van der Waals surface area contributed by atoms with E-state index >= 15 is 0 Å². The van der Waals surface area contributed by atoms with Crippen molar-refractivity contribution in [3.8, 4) is 11.1 Å². The topological polar surface area (TPSA) is 71.1 Å². The molecule has 5 heteroatoms. The monoisotopic (exact) mass is 393 g/mol. The number of hydrogen-bond acceptors (Lipinski definition) is 3. The summed E-state index contributed by atoms with van der Waals surface area (Å²) in [4.78, 5) is 28.4. The number of benzene rings is 3. The molecule has 1 aromatic heterocycles. The van der Waals surface area contributed by atoms with E-state index in [2.05, 4.69) is 15.6 Å². The van der Waals surface area contributed by atoms with Crippen LogP contribution in [0, 0.1) is 0 Å². The highest BCUT2D eigenvalue weighted by atomic mass is 16.2. The number of hydrogen-bond donors (Lipinski definition) is 2. The predicted molar refractivity (Wildman–Crippen MR) is 118 cm³/mol. The van der Waals surface area contributed by atoms with Crippen LogP contribution in [0.15, 0.2) is 103 Å².